The molecule has 2 heterocycles. The highest BCUT2D eigenvalue weighted by molar-refractivity contribution is 7.10. The first-order chi connectivity index (χ1) is 10.2. The molecule has 1 aromatic carbocycles. The zero-order valence-corrected chi connectivity index (χ0v) is 13.2. The molecule has 0 aliphatic carbocycles. The van der Waals surface area contributed by atoms with Crippen molar-refractivity contribution in [1.29, 1.82) is 0 Å². The van der Waals surface area contributed by atoms with E-state index in [1.165, 1.54) is 11.5 Å². The van der Waals surface area contributed by atoms with Gasteiger partial charge in [0.1, 0.15) is 10.0 Å². The lowest BCUT2D eigenvalue weighted by Crippen LogP contribution is -2.35. The molecule has 3 rings (SSSR count). The molecule has 1 aliphatic heterocycles. The van der Waals surface area contributed by atoms with Crippen LogP contribution in [0.5, 0.6) is 0 Å². The number of benzene rings is 1. The number of hydrogen-bond donors (Lipinski definition) is 1. The smallest absolute Gasteiger partial charge is 0.138 e. The highest BCUT2D eigenvalue weighted by Gasteiger charge is 2.26. The Kier molecular flexibility index (Phi) is 4.85. The zero-order chi connectivity index (χ0) is 14.7. The monoisotopic (exact) mass is 323 g/mol. The number of rotatable bonds is 4. The average Bonchev–Trinajstić information content (AvgIpc) is 2.93. The van der Waals surface area contributed by atoms with Crippen LogP contribution in [0.3, 0.4) is 0 Å². The Hall–Kier alpha value is -1.01. The number of aliphatic hydroxyl groups excluding tert-OH is 1. The fraction of sp³-hybridized carbons (Fsp3) is 0.467. The Morgan fingerprint density at radius 3 is 2.62 bits per heavy atom. The zero-order valence-electron chi connectivity index (χ0n) is 11.7. The number of halogens is 1. The summed E-state index contributed by atoms with van der Waals surface area (Å²) in [6.45, 7) is 2.67. The van der Waals surface area contributed by atoms with Gasteiger partial charge in [-0.2, -0.15) is 0 Å². The highest BCUT2D eigenvalue weighted by Crippen LogP contribution is 2.31. The molecule has 1 atom stereocenters. The van der Waals surface area contributed by atoms with E-state index < -0.39 is 0 Å². The van der Waals surface area contributed by atoms with Crippen molar-refractivity contribution in [2.45, 2.75) is 25.5 Å². The summed E-state index contributed by atoms with van der Waals surface area (Å²) in [6.07, 6.45) is 1.62. The van der Waals surface area contributed by atoms with E-state index in [0.29, 0.717) is 10.3 Å². The van der Waals surface area contributed by atoms with Gasteiger partial charge >= 0.3 is 0 Å². The second kappa shape index (κ2) is 6.83. The Bertz CT molecular complexity index is 569. The van der Waals surface area contributed by atoms with E-state index in [-0.39, 0.29) is 6.10 Å². The molecule has 1 aliphatic rings. The van der Waals surface area contributed by atoms with Gasteiger partial charge in [-0.05, 0) is 37.4 Å². The van der Waals surface area contributed by atoms with Crippen LogP contribution in [-0.4, -0.2) is 32.7 Å². The van der Waals surface area contributed by atoms with Crippen molar-refractivity contribution < 1.29 is 5.11 Å². The number of aromatic nitrogens is 2. The number of hydrogen-bond acceptors (Lipinski definition) is 5. The predicted molar refractivity (Wildman–Crippen MR) is 84.3 cm³/mol. The first-order valence-electron chi connectivity index (χ1n) is 7.16. The molecular weight excluding hydrogens is 306 g/mol. The minimum Gasteiger partial charge on any atom is -0.388 e. The van der Waals surface area contributed by atoms with Crippen LogP contribution in [0.4, 0.5) is 0 Å². The summed E-state index contributed by atoms with van der Waals surface area (Å²) in [4.78, 5) is 2.33. The molecule has 1 fully saturated rings. The van der Waals surface area contributed by atoms with E-state index in [1.54, 1.807) is 0 Å². The van der Waals surface area contributed by atoms with Crippen LogP contribution >= 0.6 is 23.1 Å². The SMILES string of the molecule is OC(c1ccccc1)C1CCN(Cc2nnsc2Cl)CC1. The first kappa shape index (κ1) is 14.9. The maximum Gasteiger partial charge on any atom is 0.138 e. The van der Waals surface area contributed by atoms with Gasteiger partial charge < -0.3 is 5.11 Å². The second-order valence-corrected chi connectivity index (χ2v) is 6.82. The lowest BCUT2D eigenvalue weighted by Gasteiger charge is -2.34. The molecule has 0 bridgehead atoms. The van der Waals surface area contributed by atoms with Crippen LogP contribution in [0.15, 0.2) is 30.3 Å². The van der Waals surface area contributed by atoms with Crippen molar-refractivity contribution in [2.24, 2.45) is 5.92 Å². The molecule has 4 nitrogen and oxygen atoms in total. The summed E-state index contributed by atoms with van der Waals surface area (Å²) in [7, 11) is 0. The molecule has 21 heavy (non-hydrogen) atoms. The van der Waals surface area contributed by atoms with Crippen molar-refractivity contribution in [2.75, 3.05) is 13.1 Å². The molecule has 1 aromatic heterocycles. The lowest BCUT2D eigenvalue weighted by molar-refractivity contribution is 0.0564. The summed E-state index contributed by atoms with van der Waals surface area (Å²) in [5.74, 6) is 0.327. The van der Waals surface area contributed by atoms with Crippen molar-refractivity contribution >= 4 is 23.1 Å². The van der Waals surface area contributed by atoms with Crippen LogP contribution in [-0.2, 0) is 6.54 Å². The molecule has 0 amide bonds. The van der Waals surface area contributed by atoms with E-state index >= 15 is 0 Å². The second-order valence-electron chi connectivity index (χ2n) is 5.46. The number of nitrogens with zero attached hydrogens (tertiary/aromatic N) is 3. The normalized spacial score (nSPS) is 18.8. The van der Waals surface area contributed by atoms with Gasteiger partial charge in [0.15, 0.2) is 0 Å². The minimum atomic E-state index is -0.363. The van der Waals surface area contributed by atoms with Gasteiger partial charge in [-0.25, -0.2) is 0 Å². The summed E-state index contributed by atoms with van der Waals surface area (Å²) >= 11 is 7.28. The number of aliphatic hydroxyl groups is 1. The predicted octanol–water partition coefficient (Wildman–Crippen LogP) is 3.14. The van der Waals surface area contributed by atoms with Gasteiger partial charge in [0, 0.05) is 18.1 Å². The van der Waals surface area contributed by atoms with Gasteiger partial charge in [-0.15, -0.1) is 5.10 Å². The molecule has 1 unspecified atom stereocenters. The highest BCUT2D eigenvalue weighted by atomic mass is 35.5. The van der Waals surface area contributed by atoms with Crippen LogP contribution in [0.1, 0.15) is 30.2 Å². The molecule has 6 heteroatoms. The topological polar surface area (TPSA) is 49.2 Å². The summed E-state index contributed by atoms with van der Waals surface area (Å²) in [5, 5.41) is 14.5. The van der Waals surface area contributed by atoms with E-state index in [4.69, 9.17) is 11.6 Å². The standard InChI is InChI=1S/C15H18ClN3OS/c16-15-13(17-18-21-15)10-19-8-6-12(7-9-19)14(20)11-4-2-1-3-5-11/h1-5,12,14,20H,6-10H2. The summed E-state index contributed by atoms with van der Waals surface area (Å²) in [5.41, 5.74) is 1.88. The molecule has 0 spiro atoms. The van der Waals surface area contributed by atoms with Crippen LogP contribution < -0.4 is 0 Å². The third-order valence-electron chi connectivity index (χ3n) is 4.10. The lowest BCUT2D eigenvalue weighted by atomic mass is 9.87. The van der Waals surface area contributed by atoms with Gasteiger partial charge in [-0.1, -0.05) is 46.4 Å². The first-order valence-corrected chi connectivity index (χ1v) is 8.31. The van der Waals surface area contributed by atoms with Crippen molar-refractivity contribution in [3.05, 3.63) is 45.9 Å². The van der Waals surface area contributed by atoms with Crippen molar-refractivity contribution in [3.63, 3.8) is 0 Å². The summed E-state index contributed by atoms with van der Waals surface area (Å²) in [6, 6.07) is 9.93. The fourth-order valence-corrected chi connectivity index (χ4v) is 3.46. The van der Waals surface area contributed by atoms with Gasteiger partial charge in [-0.3, -0.25) is 4.90 Å². The molecule has 1 saturated heterocycles. The Labute approximate surface area is 133 Å². The molecule has 2 aromatic rings. The van der Waals surface area contributed by atoms with E-state index in [2.05, 4.69) is 14.5 Å². The molecule has 0 radical (unpaired) electrons. The van der Waals surface area contributed by atoms with Gasteiger partial charge in [0.2, 0.25) is 0 Å². The van der Waals surface area contributed by atoms with E-state index in [0.717, 1.165) is 43.7 Å². The largest absolute Gasteiger partial charge is 0.388 e. The minimum absolute atomic E-state index is 0.327. The van der Waals surface area contributed by atoms with Gasteiger partial charge in [0.05, 0.1) is 6.10 Å². The average molecular weight is 324 g/mol. The Morgan fingerprint density at radius 1 is 1.29 bits per heavy atom. The third kappa shape index (κ3) is 3.61. The van der Waals surface area contributed by atoms with Crippen LogP contribution in [0.25, 0.3) is 0 Å². The Balaban J connectivity index is 1.54. The molecule has 1 N–H and O–H groups in total. The summed E-state index contributed by atoms with van der Waals surface area (Å²) < 4.78 is 4.55. The fourth-order valence-electron chi connectivity index (χ4n) is 2.85. The third-order valence-corrected chi connectivity index (χ3v) is 5.09. The molecular formula is C15H18ClN3OS. The van der Waals surface area contributed by atoms with Crippen molar-refractivity contribution in [3.8, 4) is 0 Å². The van der Waals surface area contributed by atoms with Crippen LogP contribution in [0, 0.1) is 5.92 Å². The maximum atomic E-state index is 10.5. The van der Waals surface area contributed by atoms with E-state index in [9.17, 15) is 5.11 Å². The quantitative estimate of drug-likeness (QED) is 0.939. The maximum absolute atomic E-state index is 10.5. The van der Waals surface area contributed by atoms with Crippen molar-refractivity contribution in [1.82, 2.24) is 14.5 Å². The number of piperidine rings is 1. The molecule has 0 saturated carbocycles. The number of likely N-dealkylation sites (tertiary alicyclic amines) is 1. The molecule has 112 valence electrons. The van der Waals surface area contributed by atoms with E-state index in [1.807, 2.05) is 30.3 Å². The van der Waals surface area contributed by atoms with Crippen LogP contribution in [0.2, 0.25) is 4.34 Å². The van der Waals surface area contributed by atoms with Gasteiger partial charge in [0.25, 0.3) is 0 Å². The Morgan fingerprint density at radius 2 is 2.00 bits per heavy atom.